The van der Waals surface area contributed by atoms with E-state index in [1.807, 2.05) is 0 Å². The lowest BCUT2D eigenvalue weighted by atomic mass is 9.92. The number of amides is 1. The fourth-order valence-corrected chi connectivity index (χ4v) is 2.38. The van der Waals surface area contributed by atoms with Crippen LogP contribution < -0.4 is 5.32 Å². The van der Waals surface area contributed by atoms with E-state index in [1.165, 1.54) is 12.4 Å². The van der Waals surface area contributed by atoms with Crippen molar-refractivity contribution >= 4 is 17.5 Å². The van der Waals surface area contributed by atoms with Gasteiger partial charge in [-0.3, -0.25) is 4.79 Å². The van der Waals surface area contributed by atoms with Crippen molar-refractivity contribution in [2.24, 2.45) is 0 Å². The number of alkyl halides is 1. The van der Waals surface area contributed by atoms with Gasteiger partial charge in [0.25, 0.3) is 5.91 Å². The zero-order valence-electron chi connectivity index (χ0n) is 22.2. The first-order chi connectivity index (χ1) is 15.8. The third-order valence-electron chi connectivity index (χ3n) is 3.67. The van der Waals surface area contributed by atoms with Crippen molar-refractivity contribution in [3.63, 3.8) is 0 Å². The second-order valence-corrected chi connectivity index (χ2v) is 6.17. The zero-order chi connectivity index (χ0) is 26.6. The molecule has 1 saturated heterocycles. The Morgan fingerprint density at radius 1 is 1.41 bits per heavy atom. The highest BCUT2D eigenvalue weighted by Crippen LogP contribution is 2.27. The molecule has 1 aliphatic heterocycles. The van der Waals surface area contributed by atoms with Gasteiger partial charge in [-0.05, 0) is 30.7 Å². The number of aryl methyl sites for hydroxylation is 1. The predicted molar refractivity (Wildman–Crippen MR) is 98.9 cm³/mol. The zero-order valence-corrected chi connectivity index (χ0v) is 14.9. The van der Waals surface area contributed by atoms with Gasteiger partial charge in [-0.15, -0.1) is 0 Å². The SMILES string of the molecule is [2H]C([2H])(NC([2H])([2H])C1(F)C([2H])([2H])CN(C(=O)c2ccc(F)c(Cl)c2)CC1([2H])[2H])c1ncc(C)cn1. The smallest absolute Gasteiger partial charge is 0.253 e. The van der Waals surface area contributed by atoms with Gasteiger partial charge in [0.15, 0.2) is 0 Å². The lowest BCUT2D eigenvalue weighted by Gasteiger charge is -2.36. The van der Waals surface area contributed by atoms with E-state index in [0.717, 1.165) is 18.2 Å². The second kappa shape index (κ2) is 8.27. The van der Waals surface area contributed by atoms with Crippen molar-refractivity contribution in [1.29, 1.82) is 0 Å². The summed E-state index contributed by atoms with van der Waals surface area (Å²) in [5.41, 5.74) is -3.62. The van der Waals surface area contributed by atoms with E-state index in [0.29, 0.717) is 10.5 Å². The number of carbonyl (C=O) groups is 1. The summed E-state index contributed by atoms with van der Waals surface area (Å²) in [6.07, 6.45) is -4.22. The van der Waals surface area contributed by atoms with Gasteiger partial charge in [0.05, 0.1) is 14.3 Å². The van der Waals surface area contributed by atoms with Gasteiger partial charge in [0, 0.05) is 58.5 Å². The van der Waals surface area contributed by atoms with Crippen molar-refractivity contribution < 1.29 is 24.5 Å². The van der Waals surface area contributed by atoms with Gasteiger partial charge in [-0.1, -0.05) is 11.6 Å². The molecule has 1 aromatic carbocycles. The van der Waals surface area contributed by atoms with Crippen molar-refractivity contribution in [2.45, 2.75) is 31.8 Å². The number of carbonyl (C=O) groups excluding carboxylic acids is 1. The maximum Gasteiger partial charge on any atom is 0.253 e. The third kappa shape index (κ3) is 4.99. The molecule has 27 heavy (non-hydrogen) atoms. The maximum absolute atomic E-state index is 16.4. The van der Waals surface area contributed by atoms with Crippen LogP contribution in [-0.2, 0) is 6.50 Å². The Hall–Kier alpha value is -2.12. The Morgan fingerprint density at radius 3 is 2.70 bits per heavy atom. The average Bonchev–Trinajstić information content (AvgIpc) is 2.72. The predicted octanol–water partition coefficient (Wildman–Crippen LogP) is 3.31. The fourth-order valence-electron chi connectivity index (χ4n) is 2.20. The standard InChI is InChI=1S/C19H21ClF2N4O/c1-13-9-24-17(25-10-13)11-23-12-19(22)4-6-26(7-5-19)18(27)14-2-3-16(21)15(20)8-14/h2-3,8-10,23H,4-7,11-12H2,1H3/i4D2,5D2,11D2,12D2. The summed E-state index contributed by atoms with van der Waals surface area (Å²) in [7, 11) is 0. The van der Waals surface area contributed by atoms with Crippen molar-refractivity contribution in [2.75, 3.05) is 19.6 Å². The van der Waals surface area contributed by atoms with Gasteiger partial charge < -0.3 is 10.2 Å². The molecule has 1 aliphatic rings. The summed E-state index contributed by atoms with van der Waals surface area (Å²) in [4.78, 5) is 21.0. The van der Waals surface area contributed by atoms with Crippen LogP contribution in [0.3, 0.4) is 0 Å². The number of benzene rings is 1. The highest BCUT2D eigenvalue weighted by atomic mass is 35.5. The van der Waals surface area contributed by atoms with E-state index < -0.39 is 67.1 Å². The van der Waals surface area contributed by atoms with Crippen LogP contribution in [0.15, 0.2) is 30.6 Å². The first-order valence-electron chi connectivity index (χ1n) is 11.9. The van der Waals surface area contributed by atoms with Gasteiger partial charge in [-0.25, -0.2) is 18.7 Å². The van der Waals surface area contributed by atoms with E-state index in [1.54, 1.807) is 12.2 Å². The van der Waals surface area contributed by atoms with Crippen molar-refractivity contribution in [3.8, 4) is 0 Å². The minimum atomic E-state index is -3.98. The molecular weight excluding hydrogens is 374 g/mol. The Kier molecular flexibility index (Phi) is 3.57. The Balaban J connectivity index is 1.95. The molecule has 0 saturated carbocycles. The molecule has 1 amide bonds. The molecule has 2 heterocycles. The number of likely N-dealkylation sites (tertiary alicyclic amines) is 1. The number of nitrogens with one attached hydrogen (secondary N) is 1. The number of aromatic nitrogens is 2. The summed E-state index contributed by atoms with van der Waals surface area (Å²) in [6.45, 7) is -7.10. The Labute approximate surface area is 173 Å². The first kappa shape index (κ1) is 11.7. The molecule has 144 valence electrons. The number of halogens is 3. The quantitative estimate of drug-likeness (QED) is 0.833. The van der Waals surface area contributed by atoms with Crippen molar-refractivity contribution in [3.05, 3.63) is 58.4 Å². The number of hydrogen-bond donors (Lipinski definition) is 1. The average molecular weight is 403 g/mol. The van der Waals surface area contributed by atoms with E-state index in [4.69, 9.17) is 22.6 Å². The number of nitrogens with zero attached hydrogens (tertiary/aromatic N) is 3. The topological polar surface area (TPSA) is 58.1 Å². The molecule has 0 bridgehead atoms. The summed E-state index contributed by atoms with van der Waals surface area (Å²) >= 11 is 5.68. The largest absolute Gasteiger partial charge is 0.338 e. The summed E-state index contributed by atoms with van der Waals surface area (Å²) in [5, 5.41) is 1.30. The second-order valence-electron chi connectivity index (χ2n) is 5.76. The summed E-state index contributed by atoms with van der Waals surface area (Å²) < 4.78 is 95.3. The van der Waals surface area contributed by atoms with Crippen LogP contribution in [0.5, 0.6) is 0 Å². The van der Waals surface area contributed by atoms with Gasteiger partial charge >= 0.3 is 0 Å². The molecule has 8 heteroatoms. The van der Waals surface area contributed by atoms with E-state index in [9.17, 15) is 9.18 Å². The molecule has 0 unspecified atom stereocenters. The number of hydrogen-bond acceptors (Lipinski definition) is 4. The van der Waals surface area contributed by atoms with Crippen molar-refractivity contribution in [1.82, 2.24) is 20.2 Å². The highest BCUT2D eigenvalue weighted by Gasteiger charge is 2.36. The molecule has 1 fully saturated rings. The van der Waals surface area contributed by atoms with Crippen LogP contribution in [0.1, 0.15) is 45.5 Å². The maximum atomic E-state index is 16.4. The molecule has 0 atom stereocenters. The molecule has 3 rings (SSSR count). The normalized spacial score (nSPS) is 25.6. The van der Waals surface area contributed by atoms with Crippen LogP contribution in [0, 0.1) is 12.7 Å². The minimum Gasteiger partial charge on any atom is -0.338 e. The van der Waals surface area contributed by atoms with E-state index in [2.05, 4.69) is 9.97 Å². The number of piperidine rings is 1. The highest BCUT2D eigenvalue weighted by molar-refractivity contribution is 6.31. The van der Waals surface area contributed by atoms with Gasteiger partial charge in [0.2, 0.25) is 0 Å². The fraction of sp³-hybridized carbons (Fsp3) is 0.421. The van der Waals surface area contributed by atoms with Crippen LogP contribution in [0.25, 0.3) is 0 Å². The summed E-state index contributed by atoms with van der Waals surface area (Å²) in [5.74, 6) is -2.36. The lowest BCUT2D eigenvalue weighted by Crippen LogP contribution is -2.48. The monoisotopic (exact) mass is 402 g/mol. The van der Waals surface area contributed by atoms with Crippen LogP contribution in [0.2, 0.25) is 5.02 Å². The third-order valence-corrected chi connectivity index (χ3v) is 3.96. The summed E-state index contributed by atoms with van der Waals surface area (Å²) in [6, 6.07) is 2.89. The molecule has 0 radical (unpaired) electrons. The number of rotatable bonds is 5. The van der Waals surface area contributed by atoms with Crippen LogP contribution in [0.4, 0.5) is 8.78 Å². The molecule has 1 N–H and O–H groups in total. The van der Waals surface area contributed by atoms with Gasteiger partial charge in [0.1, 0.15) is 17.3 Å². The lowest BCUT2D eigenvalue weighted by molar-refractivity contribution is 0.0434. The first-order valence-corrected chi connectivity index (χ1v) is 8.24. The van der Waals surface area contributed by atoms with E-state index in [-0.39, 0.29) is 5.56 Å². The molecular formula is C19H21ClF2N4O. The Morgan fingerprint density at radius 2 is 2.07 bits per heavy atom. The van der Waals surface area contributed by atoms with Gasteiger partial charge in [-0.2, -0.15) is 0 Å². The van der Waals surface area contributed by atoms with Crippen LogP contribution >= 0.6 is 11.6 Å². The molecule has 2 aromatic rings. The van der Waals surface area contributed by atoms with Crippen LogP contribution in [-0.4, -0.2) is 46.0 Å². The van der Waals surface area contributed by atoms with E-state index >= 15 is 4.39 Å². The Bertz CT molecular complexity index is 1120. The molecule has 0 aliphatic carbocycles. The molecule has 5 nitrogen and oxygen atoms in total. The molecule has 0 spiro atoms. The molecule has 1 aromatic heterocycles. The minimum absolute atomic E-state index is 0.205.